The number of carboxylic acid groups (broad SMARTS) is 1. The van der Waals surface area contributed by atoms with E-state index in [-0.39, 0.29) is 22.1 Å². The Labute approximate surface area is 128 Å². The van der Waals surface area contributed by atoms with Crippen LogP contribution in [0.15, 0.2) is 40.9 Å². The molecule has 0 fully saturated rings. The van der Waals surface area contributed by atoms with Gasteiger partial charge in [0, 0.05) is 4.47 Å². The Morgan fingerprint density at radius 2 is 1.95 bits per heavy atom. The van der Waals surface area contributed by atoms with Crippen LogP contribution in [0.3, 0.4) is 0 Å². The molecular formula is C14H7BrClNO3. The second-order valence-corrected chi connectivity index (χ2v) is 5.13. The third kappa shape index (κ3) is 3.10. The van der Waals surface area contributed by atoms with E-state index in [2.05, 4.69) is 15.9 Å². The summed E-state index contributed by atoms with van der Waals surface area (Å²) in [7, 11) is 0. The molecule has 0 aliphatic rings. The van der Waals surface area contributed by atoms with E-state index < -0.39 is 5.97 Å². The van der Waals surface area contributed by atoms with Crippen molar-refractivity contribution in [2.75, 3.05) is 0 Å². The van der Waals surface area contributed by atoms with E-state index in [1.165, 1.54) is 24.3 Å². The number of halogens is 2. The number of rotatable bonds is 3. The van der Waals surface area contributed by atoms with Crippen LogP contribution in [0.25, 0.3) is 0 Å². The average molecular weight is 353 g/mol. The summed E-state index contributed by atoms with van der Waals surface area (Å²) in [6.07, 6.45) is 0. The first-order valence-corrected chi connectivity index (χ1v) is 6.58. The predicted molar refractivity (Wildman–Crippen MR) is 77.3 cm³/mol. The summed E-state index contributed by atoms with van der Waals surface area (Å²) in [4.78, 5) is 11.2. The quantitative estimate of drug-likeness (QED) is 0.885. The van der Waals surface area contributed by atoms with Crippen LogP contribution in [0.5, 0.6) is 11.5 Å². The SMILES string of the molecule is N#Cc1ccc(Oc2ccc(Br)cc2C(=O)O)c(Cl)c1. The van der Waals surface area contributed by atoms with E-state index >= 15 is 0 Å². The van der Waals surface area contributed by atoms with Crippen molar-refractivity contribution < 1.29 is 14.6 Å². The molecule has 0 saturated heterocycles. The van der Waals surface area contributed by atoms with Gasteiger partial charge in [0.2, 0.25) is 0 Å². The highest BCUT2D eigenvalue weighted by molar-refractivity contribution is 9.10. The maximum atomic E-state index is 11.2. The number of aromatic carboxylic acids is 1. The molecule has 20 heavy (non-hydrogen) atoms. The molecule has 0 atom stereocenters. The van der Waals surface area contributed by atoms with Gasteiger partial charge in [0.05, 0.1) is 16.7 Å². The van der Waals surface area contributed by atoms with Gasteiger partial charge >= 0.3 is 5.97 Å². The molecular weight excluding hydrogens is 346 g/mol. The molecule has 0 aromatic heterocycles. The molecule has 0 radical (unpaired) electrons. The van der Waals surface area contributed by atoms with Crippen molar-refractivity contribution in [2.24, 2.45) is 0 Å². The monoisotopic (exact) mass is 351 g/mol. The Balaban J connectivity index is 2.40. The number of carboxylic acids is 1. The first-order chi connectivity index (χ1) is 9.51. The molecule has 0 aliphatic heterocycles. The standard InChI is InChI=1S/C14H7BrClNO3/c15-9-2-4-12(10(6-9)14(18)19)20-13-3-1-8(7-17)5-11(13)16/h1-6H,(H,18,19). The normalized spacial score (nSPS) is 9.85. The number of hydrogen-bond donors (Lipinski definition) is 1. The van der Waals surface area contributed by atoms with E-state index in [0.29, 0.717) is 10.0 Å². The van der Waals surface area contributed by atoms with E-state index in [1.54, 1.807) is 12.1 Å². The Kier molecular flexibility index (Phi) is 4.28. The van der Waals surface area contributed by atoms with Gasteiger partial charge in [-0.05, 0) is 36.4 Å². The number of ether oxygens (including phenoxy) is 1. The van der Waals surface area contributed by atoms with Crippen LogP contribution >= 0.6 is 27.5 Å². The van der Waals surface area contributed by atoms with Crippen LogP contribution in [0.1, 0.15) is 15.9 Å². The van der Waals surface area contributed by atoms with Crippen molar-refractivity contribution in [1.29, 1.82) is 5.26 Å². The summed E-state index contributed by atoms with van der Waals surface area (Å²) in [6.45, 7) is 0. The van der Waals surface area contributed by atoms with Crippen molar-refractivity contribution in [3.8, 4) is 17.6 Å². The fraction of sp³-hybridized carbons (Fsp3) is 0. The maximum Gasteiger partial charge on any atom is 0.339 e. The van der Waals surface area contributed by atoms with Crippen molar-refractivity contribution in [3.63, 3.8) is 0 Å². The molecule has 0 heterocycles. The van der Waals surface area contributed by atoms with E-state index in [4.69, 9.17) is 26.7 Å². The lowest BCUT2D eigenvalue weighted by atomic mass is 10.2. The average Bonchev–Trinajstić information content (AvgIpc) is 2.42. The highest BCUT2D eigenvalue weighted by Gasteiger charge is 2.14. The summed E-state index contributed by atoms with van der Waals surface area (Å²) < 4.78 is 6.15. The maximum absolute atomic E-state index is 11.2. The number of carbonyl (C=O) groups is 1. The van der Waals surface area contributed by atoms with Crippen molar-refractivity contribution in [2.45, 2.75) is 0 Å². The number of benzene rings is 2. The Hall–Kier alpha value is -2.03. The molecule has 0 spiro atoms. The van der Waals surface area contributed by atoms with E-state index in [1.807, 2.05) is 6.07 Å². The molecule has 2 aromatic carbocycles. The van der Waals surface area contributed by atoms with Gasteiger partial charge in [0.1, 0.15) is 17.1 Å². The van der Waals surface area contributed by atoms with Crippen LogP contribution < -0.4 is 4.74 Å². The summed E-state index contributed by atoms with van der Waals surface area (Å²) in [5, 5.41) is 18.1. The lowest BCUT2D eigenvalue weighted by molar-refractivity contribution is 0.0694. The zero-order valence-corrected chi connectivity index (χ0v) is 12.3. The summed E-state index contributed by atoms with van der Waals surface area (Å²) >= 11 is 9.19. The van der Waals surface area contributed by atoms with Gasteiger partial charge in [-0.3, -0.25) is 0 Å². The third-order valence-corrected chi connectivity index (χ3v) is 3.24. The minimum absolute atomic E-state index is 0.0137. The molecule has 6 heteroatoms. The van der Waals surface area contributed by atoms with E-state index in [9.17, 15) is 4.79 Å². The first kappa shape index (κ1) is 14.4. The van der Waals surface area contributed by atoms with E-state index in [0.717, 1.165) is 0 Å². The topological polar surface area (TPSA) is 70.3 Å². The number of nitrogens with zero attached hydrogens (tertiary/aromatic N) is 1. The zero-order valence-electron chi connectivity index (χ0n) is 9.93. The molecule has 0 bridgehead atoms. The molecule has 100 valence electrons. The largest absolute Gasteiger partial charge is 0.478 e. The Morgan fingerprint density at radius 1 is 1.25 bits per heavy atom. The third-order valence-electron chi connectivity index (χ3n) is 2.45. The predicted octanol–water partition coefficient (Wildman–Crippen LogP) is 4.46. The first-order valence-electron chi connectivity index (χ1n) is 5.41. The molecule has 1 N–H and O–H groups in total. The lowest BCUT2D eigenvalue weighted by Gasteiger charge is -2.10. The number of hydrogen-bond acceptors (Lipinski definition) is 3. The lowest BCUT2D eigenvalue weighted by Crippen LogP contribution is -2.00. The van der Waals surface area contributed by atoms with Gasteiger partial charge in [-0.2, -0.15) is 5.26 Å². The summed E-state index contributed by atoms with van der Waals surface area (Å²) in [5.41, 5.74) is 0.413. The van der Waals surface area contributed by atoms with Gasteiger partial charge in [-0.25, -0.2) is 4.79 Å². The van der Waals surface area contributed by atoms with Crippen LogP contribution in [-0.4, -0.2) is 11.1 Å². The second kappa shape index (κ2) is 5.95. The van der Waals surface area contributed by atoms with Gasteiger partial charge in [-0.1, -0.05) is 27.5 Å². The molecule has 2 rings (SSSR count). The fourth-order valence-electron chi connectivity index (χ4n) is 1.53. The summed E-state index contributed by atoms with van der Waals surface area (Å²) in [5.74, 6) is -0.645. The van der Waals surface area contributed by atoms with Crippen LogP contribution in [0, 0.1) is 11.3 Å². The van der Waals surface area contributed by atoms with Crippen LogP contribution in [0.2, 0.25) is 5.02 Å². The molecule has 0 saturated carbocycles. The van der Waals surface area contributed by atoms with Gasteiger partial charge in [0.25, 0.3) is 0 Å². The van der Waals surface area contributed by atoms with Crippen LogP contribution in [0.4, 0.5) is 0 Å². The van der Waals surface area contributed by atoms with Crippen molar-refractivity contribution in [3.05, 3.63) is 57.0 Å². The van der Waals surface area contributed by atoms with Crippen molar-refractivity contribution in [1.82, 2.24) is 0 Å². The minimum atomic E-state index is -1.11. The minimum Gasteiger partial charge on any atom is -0.478 e. The Morgan fingerprint density at radius 3 is 2.55 bits per heavy atom. The zero-order chi connectivity index (χ0) is 14.7. The second-order valence-electron chi connectivity index (χ2n) is 3.80. The van der Waals surface area contributed by atoms with Gasteiger partial charge in [-0.15, -0.1) is 0 Å². The molecule has 4 nitrogen and oxygen atoms in total. The van der Waals surface area contributed by atoms with Crippen LogP contribution in [-0.2, 0) is 0 Å². The number of nitriles is 1. The molecule has 0 aliphatic carbocycles. The van der Waals surface area contributed by atoms with Gasteiger partial charge in [0.15, 0.2) is 0 Å². The molecule has 0 amide bonds. The molecule has 0 unspecified atom stereocenters. The fourth-order valence-corrected chi connectivity index (χ4v) is 2.11. The Bertz CT molecular complexity index is 725. The summed E-state index contributed by atoms with van der Waals surface area (Å²) in [6, 6.07) is 11.1. The van der Waals surface area contributed by atoms with Crippen molar-refractivity contribution >= 4 is 33.5 Å². The smallest absolute Gasteiger partial charge is 0.339 e. The highest BCUT2D eigenvalue weighted by Crippen LogP contribution is 2.33. The highest BCUT2D eigenvalue weighted by atomic mass is 79.9. The van der Waals surface area contributed by atoms with Gasteiger partial charge < -0.3 is 9.84 Å². The molecule has 2 aromatic rings.